The number of aromatic nitrogens is 3. The summed E-state index contributed by atoms with van der Waals surface area (Å²) in [5.74, 6) is -1.44. The van der Waals surface area contributed by atoms with E-state index in [2.05, 4.69) is 20.5 Å². The van der Waals surface area contributed by atoms with Gasteiger partial charge >= 0.3 is 0 Å². The number of carbonyl (C=O) groups excluding carboxylic acids is 2. The van der Waals surface area contributed by atoms with Crippen molar-refractivity contribution in [2.75, 3.05) is 11.1 Å². The van der Waals surface area contributed by atoms with Crippen LogP contribution in [-0.4, -0.2) is 32.8 Å². The molecule has 0 spiro atoms. The van der Waals surface area contributed by atoms with Crippen molar-refractivity contribution in [1.82, 2.24) is 15.2 Å². The summed E-state index contributed by atoms with van der Waals surface area (Å²) in [6, 6.07) is 5.76. The van der Waals surface area contributed by atoms with Gasteiger partial charge in [-0.25, -0.2) is 0 Å². The van der Waals surface area contributed by atoms with Crippen LogP contribution in [0.1, 0.15) is 23.2 Å². The number of thioether (sulfide) groups is 1. The molecule has 2 aromatic rings. The highest BCUT2D eigenvalue weighted by Gasteiger charge is 2.09. The fourth-order valence-electron chi connectivity index (χ4n) is 1.99. The third-order valence-electron chi connectivity index (χ3n) is 3.32. The largest absolute Gasteiger partial charge is 0.550 e. The number of benzene rings is 1. The lowest BCUT2D eigenvalue weighted by Crippen LogP contribution is -2.25. The standard InChI is InChI=1S/C16H18N4O4S/c1-9-3-4-10(2)12(7-9)17-13(21)8-25-16-18-15(24)11(19-20-16)5-6-14(22)23/h3-4,7H,5-6,8H2,1-2H3,(H,17,21)(H,22,23)(H,18,20,24)/p-1. The van der Waals surface area contributed by atoms with Crippen molar-refractivity contribution in [3.63, 3.8) is 0 Å². The highest BCUT2D eigenvalue weighted by Crippen LogP contribution is 2.17. The van der Waals surface area contributed by atoms with Gasteiger partial charge in [0.1, 0.15) is 5.69 Å². The fourth-order valence-corrected chi connectivity index (χ4v) is 2.59. The average Bonchev–Trinajstić information content (AvgIpc) is 2.55. The number of hydrogen-bond acceptors (Lipinski definition) is 7. The molecule has 0 radical (unpaired) electrons. The van der Waals surface area contributed by atoms with E-state index >= 15 is 0 Å². The van der Waals surface area contributed by atoms with Gasteiger partial charge in [0.05, 0.1) is 5.75 Å². The number of anilines is 1. The smallest absolute Gasteiger partial charge is 0.273 e. The van der Waals surface area contributed by atoms with E-state index in [1.54, 1.807) is 0 Å². The summed E-state index contributed by atoms with van der Waals surface area (Å²) in [4.78, 5) is 36.7. The number of H-pyrrole nitrogens is 1. The molecule has 25 heavy (non-hydrogen) atoms. The Balaban J connectivity index is 1.93. The van der Waals surface area contributed by atoms with E-state index in [-0.39, 0.29) is 35.4 Å². The maximum atomic E-state index is 12.0. The van der Waals surface area contributed by atoms with Crippen molar-refractivity contribution < 1.29 is 14.7 Å². The summed E-state index contributed by atoms with van der Waals surface area (Å²) >= 11 is 1.04. The first-order valence-corrected chi connectivity index (χ1v) is 8.49. The van der Waals surface area contributed by atoms with Gasteiger partial charge in [-0.05, 0) is 37.5 Å². The van der Waals surface area contributed by atoms with E-state index in [0.29, 0.717) is 0 Å². The molecule has 0 aliphatic carbocycles. The molecule has 2 rings (SSSR count). The van der Waals surface area contributed by atoms with Gasteiger partial charge in [-0.15, -0.1) is 10.2 Å². The van der Waals surface area contributed by atoms with Crippen LogP contribution >= 0.6 is 11.8 Å². The number of nitrogens with one attached hydrogen (secondary N) is 2. The van der Waals surface area contributed by atoms with Crippen molar-refractivity contribution in [1.29, 1.82) is 0 Å². The van der Waals surface area contributed by atoms with Crippen LogP contribution in [0, 0.1) is 13.8 Å². The molecule has 132 valence electrons. The molecule has 0 aliphatic heterocycles. The normalized spacial score (nSPS) is 10.5. The van der Waals surface area contributed by atoms with E-state index < -0.39 is 11.5 Å². The number of rotatable bonds is 7. The number of aromatic amines is 1. The number of aliphatic carboxylic acids is 1. The van der Waals surface area contributed by atoms with Crippen LogP contribution in [-0.2, 0) is 16.0 Å². The minimum atomic E-state index is -1.26. The van der Waals surface area contributed by atoms with Gasteiger partial charge in [0.2, 0.25) is 5.91 Å². The maximum Gasteiger partial charge on any atom is 0.273 e. The Bertz CT molecular complexity index is 850. The molecule has 0 bridgehead atoms. The Hall–Kier alpha value is -2.68. The number of carboxylic acid groups (broad SMARTS) is 1. The van der Waals surface area contributed by atoms with E-state index in [1.807, 2.05) is 32.0 Å². The highest BCUT2D eigenvalue weighted by atomic mass is 32.2. The predicted molar refractivity (Wildman–Crippen MR) is 91.3 cm³/mol. The molecule has 0 aliphatic rings. The van der Waals surface area contributed by atoms with Crippen LogP contribution in [0.4, 0.5) is 5.69 Å². The molecular formula is C16H17N4O4S-. The SMILES string of the molecule is Cc1ccc(C)c(NC(=O)CSc2nnc(CCC(=O)[O-])c(=O)[nH]2)c1. The molecule has 0 fully saturated rings. The molecular weight excluding hydrogens is 344 g/mol. The van der Waals surface area contributed by atoms with Gasteiger partial charge in [0.25, 0.3) is 5.56 Å². The third kappa shape index (κ3) is 5.71. The molecule has 9 heteroatoms. The Morgan fingerprint density at radius 1 is 1.28 bits per heavy atom. The Kier molecular flexibility index (Phi) is 6.29. The van der Waals surface area contributed by atoms with Gasteiger partial charge in [-0.1, -0.05) is 23.9 Å². The summed E-state index contributed by atoms with van der Waals surface area (Å²) in [5, 5.41) is 20.9. The van der Waals surface area contributed by atoms with E-state index in [9.17, 15) is 19.5 Å². The predicted octanol–water partition coefficient (Wildman–Crippen LogP) is 0.195. The highest BCUT2D eigenvalue weighted by molar-refractivity contribution is 7.99. The second-order valence-corrected chi connectivity index (χ2v) is 6.40. The summed E-state index contributed by atoms with van der Waals surface area (Å²) in [6.07, 6.45) is -0.356. The number of hydrogen-bond donors (Lipinski definition) is 2. The van der Waals surface area contributed by atoms with Crippen LogP contribution in [0.15, 0.2) is 28.2 Å². The molecule has 0 saturated heterocycles. The van der Waals surface area contributed by atoms with Crippen molar-refractivity contribution >= 4 is 29.3 Å². The monoisotopic (exact) mass is 361 g/mol. The van der Waals surface area contributed by atoms with Crippen LogP contribution in [0.5, 0.6) is 0 Å². The summed E-state index contributed by atoms with van der Waals surface area (Å²) in [5.41, 5.74) is 2.23. The number of nitrogens with zero attached hydrogens (tertiary/aromatic N) is 2. The third-order valence-corrected chi connectivity index (χ3v) is 4.18. The first-order valence-electron chi connectivity index (χ1n) is 7.51. The zero-order chi connectivity index (χ0) is 18.4. The molecule has 0 unspecified atom stereocenters. The molecule has 2 N–H and O–H groups in total. The van der Waals surface area contributed by atoms with Crippen molar-refractivity contribution in [3.05, 3.63) is 45.4 Å². The second kappa shape index (κ2) is 8.43. The first kappa shape index (κ1) is 18.7. The number of carboxylic acids is 1. The van der Waals surface area contributed by atoms with Gasteiger partial charge in [0.15, 0.2) is 5.16 Å². The molecule has 0 saturated carbocycles. The lowest BCUT2D eigenvalue weighted by atomic mass is 10.1. The second-order valence-electron chi connectivity index (χ2n) is 5.43. The average molecular weight is 361 g/mol. The van der Waals surface area contributed by atoms with Crippen molar-refractivity contribution in [2.24, 2.45) is 0 Å². The van der Waals surface area contributed by atoms with Crippen LogP contribution in [0.3, 0.4) is 0 Å². The minimum Gasteiger partial charge on any atom is -0.550 e. The van der Waals surface area contributed by atoms with E-state index in [1.165, 1.54) is 0 Å². The maximum absolute atomic E-state index is 12.0. The Labute approximate surface area is 148 Å². The quantitative estimate of drug-likeness (QED) is 0.674. The van der Waals surface area contributed by atoms with Crippen LogP contribution in [0.25, 0.3) is 0 Å². The molecule has 8 nitrogen and oxygen atoms in total. The number of amides is 1. The van der Waals surface area contributed by atoms with Gasteiger partial charge in [0, 0.05) is 18.1 Å². The lowest BCUT2D eigenvalue weighted by Gasteiger charge is -2.09. The molecule has 1 aromatic carbocycles. The van der Waals surface area contributed by atoms with Crippen molar-refractivity contribution in [3.8, 4) is 0 Å². The minimum absolute atomic E-state index is 0.0217. The molecule has 1 aromatic heterocycles. The number of carbonyl (C=O) groups is 2. The van der Waals surface area contributed by atoms with E-state index in [0.717, 1.165) is 28.6 Å². The van der Waals surface area contributed by atoms with Gasteiger partial charge in [-0.2, -0.15) is 0 Å². The molecule has 1 amide bonds. The fraction of sp³-hybridized carbons (Fsp3) is 0.312. The lowest BCUT2D eigenvalue weighted by molar-refractivity contribution is -0.305. The molecule has 1 heterocycles. The van der Waals surface area contributed by atoms with Gasteiger partial charge in [-0.3, -0.25) is 14.6 Å². The first-order chi connectivity index (χ1) is 11.8. The molecule has 0 atom stereocenters. The van der Waals surface area contributed by atoms with Crippen LogP contribution in [0.2, 0.25) is 0 Å². The van der Waals surface area contributed by atoms with Crippen molar-refractivity contribution in [2.45, 2.75) is 31.8 Å². The zero-order valence-corrected chi connectivity index (χ0v) is 14.6. The van der Waals surface area contributed by atoms with Crippen LogP contribution < -0.4 is 16.0 Å². The topological polar surface area (TPSA) is 128 Å². The Morgan fingerprint density at radius 2 is 2.04 bits per heavy atom. The summed E-state index contributed by atoms with van der Waals surface area (Å²) in [7, 11) is 0. The Morgan fingerprint density at radius 3 is 2.72 bits per heavy atom. The summed E-state index contributed by atoms with van der Waals surface area (Å²) in [6.45, 7) is 3.84. The van der Waals surface area contributed by atoms with E-state index in [4.69, 9.17) is 0 Å². The summed E-state index contributed by atoms with van der Waals surface area (Å²) < 4.78 is 0. The van der Waals surface area contributed by atoms with Gasteiger partial charge < -0.3 is 15.2 Å². The zero-order valence-electron chi connectivity index (χ0n) is 13.8. The number of aryl methyl sites for hydroxylation is 3.